The van der Waals surface area contributed by atoms with Crippen LogP contribution in [0.3, 0.4) is 0 Å². The summed E-state index contributed by atoms with van der Waals surface area (Å²) in [5.41, 5.74) is 5.21. The monoisotopic (exact) mass is 399 g/mol. The van der Waals surface area contributed by atoms with E-state index in [1.165, 1.54) is 27.6 Å². The van der Waals surface area contributed by atoms with Crippen LogP contribution in [-0.2, 0) is 11.2 Å². The maximum Gasteiger partial charge on any atom is 0.230 e. The molecule has 4 rings (SSSR count). The molecule has 1 aromatic carbocycles. The van der Waals surface area contributed by atoms with E-state index >= 15 is 0 Å². The number of amides is 1. The Kier molecular flexibility index (Phi) is 6.77. The lowest BCUT2D eigenvalue weighted by Gasteiger charge is -2.40. The Morgan fingerprint density at radius 2 is 1.97 bits per heavy atom. The molecule has 0 unspecified atom stereocenters. The highest BCUT2D eigenvalue weighted by molar-refractivity contribution is 5.99. The van der Waals surface area contributed by atoms with Gasteiger partial charge in [0.1, 0.15) is 0 Å². The van der Waals surface area contributed by atoms with Gasteiger partial charge in [0.15, 0.2) is 6.29 Å². The number of likely N-dealkylation sites (N-methyl/N-ethyl adjacent to an activating group) is 1. The SMILES string of the molecule is CCC(O)O.CCN(CC)C(=O)[C@@H]1C=C2c3cccc4[nH]cc(c34)C[C@H]2N(C)C1. The fraction of sp³-hybridized carbons (Fsp3) is 0.522. The van der Waals surface area contributed by atoms with Gasteiger partial charge in [-0.2, -0.15) is 0 Å². The van der Waals surface area contributed by atoms with Crippen LogP contribution in [0, 0.1) is 5.92 Å². The zero-order valence-corrected chi connectivity index (χ0v) is 17.9. The fourth-order valence-electron chi connectivity index (χ4n) is 4.38. The zero-order chi connectivity index (χ0) is 21.1. The summed E-state index contributed by atoms with van der Waals surface area (Å²) in [6.07, 6.45) is 4.71. The van der Waals surface area contributed by atoms with Crippen LogP contribution in [0.25, 0.3) is 16.5 Å². The highest BCUT2D eigenvalue weighted by Gasteiger charge is 2.36. The molecule has 2 aliphatic rings. The number of benzene rings is 1. The number of fused-ring (bicyclic) bond motifs is 2. The summed E-state index contributed by atoms with van der Waals surface area (Å²) in [5.74, 6) is 0.210. The molecule has 3 N–H and O–H groups in total. The molecule has 0 fully saturated rings. The summed E-state index contributed by atoms with van der Waals surface area (Å²) in [6, 6.07) is 6.82. The molecular weight excluding hydrogens is 366 g/mol. The average molecular weight is 400 g/mol. The number of carbonyl (C=O) groups excluding carboxylic acids is 1. The third-order valence-electron chi connectivity index (χ3n) is 6.03. The number of hydrogen-bond acceptors (Lipinski definition) is 4. The van der Waals surface area contributed by atoms with Gasteiger partial charge < -0.3 is 20.1 Å². The Balaban J connectivity index is 0.000000431. The van der Waals surface area contributed by atoms with Crippen LogP contribution in [0.2, 0.25) is 0 Å². The van der Waals surface area contributed by atoms with Gasteiger partial charge in [0.05, 0.1) is 5.92 Å². The Morgan fingerprint density at radius 3 is 2.59 bits per heavy atom. The number of aromatic nitrogens is 1. The lowest BCUT2D eigenvalue weighted by Crippen LogP contribution is -2.47. The number of rotatable bonds is 4. The number of aromatic amines is 1. The van der Waals surface area contributed by atoms with Crippen molar-refractivity contribution in [2.45, 2.75) is 45.9 Å². The summed E-state index contributed by atoms with van der Waals surface area (Å²) in [4.78, 5) is 20.6. The maximum absolute atomic E-state index is 12.9. The molecule has 2 heterocycles. The number of aliphatic hydroxyl groups is 2. The van der Waals surface area contributed by atoms with Gasteiger partial charge in [-0.15, -0.1) is 0 Å². The minimum absolute atomic E-state index is 0.0445. The minimum Gasteiger partial charge on any atom is -0.368 e. The van der Waals surface area contributed by atoms with Crippen molar-refractivity contribution < 1.29 is 15.0 Å². The van der Waals surface area contributed by atoms with Crippen molar-refractivity contribution in [3.63, 3.8) is 0 Å². The van der Waals surface area contributed by atoms with Crippen molar-refractivity contribution in [1.82, 2.24) is 14.8 Å². The van der Waals surface area contributed by atoms with Gasteiger partial charge in [-0.3, -0.25) is 9.69 Å². The molecule has 2 atom stereocenters. The van der Waals surface area contributed by atoms with Crippen molar-refractivity contribution in [3.8, 4) is 0 Å². The number of carbonyl (C=O) groups is 1. The first-order valence-electron chi connectivity index (χ1n) is 10.6. The second kappa shape index (κ2) is 9.11. The normalized spacial score (nSPS) is 20.7. The van der Waals surface area contributed by atoms with E-state index in [0.717, 1.165) is 26.1 Å². The molecule has 0 saturated carbocycles. The lowest BCUT2D eigenvalue weighted by molar-refractivity contribution is -0.134. The van der Waals surface area contributed by atoms with Gasteiger partial charge in [0.2, 0.25) is 5.91 Å². The number of nitrogens with one attached hydrogen (secondary N) is 1. The van der Waals surface area contributed by atoms with Crippen molar-refractivity contribution >= 4 is 22.4 Å². The average Bonchev–Trinajstić information content (AvgIpc) is 3.14. The molecule has 1 aromatic heterocycles. The summed E-state index contributed by atoms with van der Waals surface area (Å²) in [7, 11) is 2.15. The summed E-state index contributed by atoms with van der Waals surface area (Å²) in [6.45, 7) is 8.16. The molecule has 0 radical (unpaired) electrons. The molecule has 1 aliphatic carbocycles. The number of nitrogens with zero attached hydrogens (tertiary/aromatic N) is 2. The van der Waals surface area contributed by atoms with Crippen LogP contribution in [0.1, 0.15) is 38.3 Å². The Bertz CT molecular complexity index is 883. The smallest absolute Gasteiger partial charge is 0.230 e. The van der Waals surface area contributed by atoms with Crippen LogP contribution >= 0.6 is 0 Å². The summed E-state index contributed by atoms with van der Waals surface area (Å²) in [5, 5.41) is 17.2. The maximum atomic E-state index is 12.9. The molecule has 6 heteroatoms. The van der Waals surface area contributed by atoms with Crippen molar-refractivity contribution in [2.75, 3.05) is 26.7 Å². The Hall–Kier alpha value is -2.15. The third-order valence-corrected chi connectivity index (χ3v) is 6.03. The van der Waals surface area contributed by atoms with Gasteiger partial charge in [-0.25, -0.2) is 0 Å². The highest BCUT2D eigenvalue weighted by atomic mass is 16.5. The van der Waals surface area contributed by atoms with Crippen molar-refractivity contribution in [2.24, 2.45) is 5.92 Å². The van der Waals surface area contributed by atoms with Crippen LogP contribution in [0.4, 0.5) is 0 Å². The molecule has 0 bridgehead atoms. The van der Waals surface area contributed by atoms with Crippen LogP contribution in [0.5, 0.6) is 0 Å². The van der Waals surface area contributed by atoms with E-state index in [1.54, 1.807) is 6.92 Å². The first-order chi connectivity index (χ1) is 13.9. The van der Waals surface area contributed by atoms with Crippen LogP contribution in [-0.4, -0.2) is 69.9 Å². The first kappa shape index (κ1) is 21.6. The molecular formula is C23H33N3O3. The van der Waals surface area contributed by atoms with Gasteiger partial charge in [0.25, 0.3) is 0 Å². The van der Waals surface area contributed by atoms with Gasteiger partial charge in [-0.05, 0) is 56.5 Å². The van der Waals surface area contributed by atoms with Crippen LogP contribution in [0.15, 0.2) is 30.5 Å². The van der Waals surface area contributed by atoms with Gasteiger partial charge in [-0.1, -0.05) is 25.1 Å². The quantitative estimate of drug-likeness (QED) is 0.691. The molecule has 2 aromatic rings. The fourth-order valence-corrected chi connectivity index (χ4v) is 4.38. The molecule has 158 valence electrons. The van der Waals surface area contributed by atoms with Gasteiger partial charge in [0, 0.05) is 42.8 Å². The molecule has 29 heavy (non-hydrogen) atoms. The molecule has 0 spiro atoms. The van der Waals surface area contributed by atoms with Crippen LogP contribution < -0.4 is 0 Å². The van der Waals surface area contributed by atoms with Crippen molar-refractivity contribution in [1.29, 1.82) is 0 Å². The second-order valence-corrected chi connectivity index (χ2v) is 7.83. The first-order valence-corrected chi connectivity index (χ1v) is 10.6. The molecule has 6 nitrogen and oxygen atoms in total. The number of H-pyrrole nitrogens is 1. The summed E-state index contributed by atoms with van der Waals surface area (Å²) >= 11 is 0. The van der Waals surface area contributed by atoms with Gasteiger partial charge >= 0.3 is 0 Å². The third kappa shape index (κ3) is 4.25. The number of aliphatic hydroxyl groups excluding tert-OH is 1. The molecule has 1 amide bonds. The minimum atomic E-state index is -1.12. The van der Waals surface area contributed by atoms with E-state index in [1.807, 2.05) is 4.90 Å². The van der Waals surface area contributed by atoms with E-state index in [2.05, 4.69) is 61.3 Å². The predicted octanol–water partition coefficient (Wildman–Crippen LogP) is 2.61. The zero-order valence-electron chi connectivity index (χ0n) is 17.9. The lowest BCUT2D eigenvalue weighted by atomic mass is 9.79. The molecule has 0 saturated heterocycles. The Labute approximate surface area is 172 Å². The summed E-state index contributed by atoms with van der Waals surface area (Å²) < 4.78 is 0. The number of hydrogen-bond donors (Lipinski definition) is 3. The largest absolute Gasteiger partial charge is 0.368 e. The highest BCUT2D eigenvalue weighted by Crippen LogP contribution is 2.40. The van der Waals surface area contributed by atoms with Crippen molar-refractivity contribution in [3.05, 3.63) is 41.6 Å². The van der Waals surface area contributed by atoms with E-state index < -0.39 is 6.29 Å². The van der Waals surface area contributed by atoms with E-state index in [-0.39, 0.29) is 11.8 Å². The van der Waals surface area contributed by atoms with E-state index in [0.29, 0.717) is 12.5 Å². The van der Waals surface area contributed by atoms with E-state index in [4.69, 9.17) is 10.2 Å². The molecule has 1 aliphatic heterocycles. The topological polar surface area (TPSA) is 79.8 Å². The van der Waals surface area contributed by atoms with E-state index in [9.17, 15) is 4.79 Å². The standard InChI is InChI=1S/C20H25N3O.C3H8O2/c1-4-23(5-2)20(24)14-9-16-15-7-6-8-17-19(15)13(11-21-17)10-18(16)22(3)12-14;1-2-3(4)5/h6-9,11,14,18,21H,4-5,10,12H2,1-3H3;3-5H,2H2,1H3/t14-,18-;/m1./s1. The Morgan fingerprint density at radius 1 is 1.28 bits per heavy atom. The second-order valence-electron chi connectivity index (χ2n) is 7.83. The predicted molar refractivity (Wildman–Crippen MR) is 116 cm³/mol.